The van der Waals surface area contributed by atoms with E-state index in [1.54, 1.807) is 17.8 Å². The van der Waals surface area contributed by atoms with Crippen LogP contribution in [0.1, 0.15) is 11.1 Å². The van der Waals surface area contributed by atoms with Crippen LogP contribution < -0.4 is 5.32 Å². The van der Waals surface area contributed by atoms with Crippen LogP contribution in [0.2, 0.25) is 0 Å². The molecule has 0 saturated carbocycles. The van der Waals surface area contributed by atoms with Crippen LogP contribution in [0.25, 0.3) is 0 Å². The van der Waals surface area contributed by atoms with Crippen LogP contribution in [0.5, 0.6) is 0 Å². The first-order valence-corrected chi connectivity index (χ1v) is 6.11. The van der Waals surface area contributed by atoms with Gasteiger partial charge in [-0.15, -0.1) is 0 Å². The topological polar surface area (TPSA) is 24.4 Å². The molecule has 2 nitrogen and oxygen atoms in total. The van der Waals surface area contributed by atoms with Gasteiger partial charge in [-0.1, -0.05) is 23.9 Å². The highest BCUT2D eigenvalue weighted by atomic mass is 32.2. The van der Waals surface area contributed by atoms with E-state index in [0.717, 1.165) is 29.6 Å². The molecule has 0 bridgehead atoms. The summed E-state index contributed by atoms with van der Waals surface area (Å²) in [5.74, 6) is 0.935. The van der Waals surface area contributed by atoms with E-state index in [9.17, 15) is 13.2 Å². The monoisotopic (exact) mass is 260 g/mol. The predicted octanol–water partition coefficient (Wildman–Crippen LogP) is 2.90. The Morgan fingerprint density at radius 3 is 2.82 bits per heavy atom. The van der Waals surface area contributed by atoms with Gasteiger partial charge in [-0.3, -0.25) is 4.99 Å². The maximum atomic E-state index is 12.5. The minimum atomic E-state index is -4.28. The van der Waals surface area contributed by atoms with Crippen molar-refractivity contribution in [1.82, 2.24) is 5.32 Å². The molecule has 0 unspecified atom stereocenters. The zero-order valence-corrected chi connectivity index (χ0v) is 9.74. The second-order valence-corrected chi connectivity index (χ2v) is 4.67. The summed E-state index contributed by atoms with van der Waals surface area (Å²) in [6.07, 6.45) is -4.28. The molecule has 1 aromatic carbocycles. The average Bonchev–Trinajstić information content (AvgIpc) is 2.78. The minimum Gasteiger partial charge on any atom is -0.361 e. The molecule has 0 amide bonds. The number of aliphatic imine (C=N–C) groups is 1. The van der Waals surface area contributed by atoms with Crippen molar-refractivity contribution >= 4 is 16.9 Å². The number of alkyl halides is 3. The van der Waals surface area contributed by atoms with E-state index in [2.05, 4.69) is 10.3 Å². The van der Waals surface area contributed by atoms with Gasteiger partial charge in [0.1, 0.15) is 0 Å². The van der Waals surface area contributed by atoms with Crippen LogP contribution in [-0.2, 0) is 12.7 Å². The Morgan fingerprint density at radius 1 is 1.35 bits per heavy atom. The fraction of sp³-hybridized carbons (Fsp3) is 0.364. The Kier molecular flexibility index (Phi) is 3.61. The number of nitrogens with one attached hydrogen (secondary N) is 1. The van der Waals surface area contributed by atoms with E-state index in [1.165, 1.54) is 6.07 Å². The van der Waals surface area contributed by atoms with Crippen molar-refractivity contribution in [2.24, 2.45) is 4.99 Å². The number of nitrogens with zero attached hydrogens (tertiary/aromatic N) is 1. The van der Waals surface area contributed by atoms with Crippen molar-refractivity contribution in [3.05, 3.63) is 35.4 Å². The van der Waals surface area contributed by atoms with Crippen LogP contribution in [-0.4, -0.2) is 17.5 Å². The van der Waals surface area contributed by atoms with Gasteiger partial charge >= 0.3 is 6.18 Å². The van der Waals surface area contributed by atoms with Gasteiger partial charge < -0.3 is 5.32 Å². The maximum absolute atomic E-state index is 12.5. The van der Waals surface area contributed by atoms with E-state index >= 15 is 0 Å². The van der Waals surface area contributed by atoms with Crippen molar-refractivity contribution < 1.29 is 13.2 Å². The second kappa shape index (κ2) is 5.00. The van der Waals surface area contributed by atoms with E-state index in [4.69, 9.17) is 0 Å². The Labute approximate surface area is 101 Å². The molecular formula is C11H11F3N2S. The standard InChI is InChI=1S/C11H11F3N2S/c12-11(13,14)9-3-1-2-8(6-9)7-16-10-15-4-5-17-10/h1-3,6H,4-5,7H2,(H,15,16). The third-order valence-corrected chi connectivity index (χ3v) is 3.22. The van der Waals surface area contributed by atoms with Crippen molar-refractivity contribution in [3.8, 4) is 0 Å². The number of rotatable bonds is 2. The predicted molar refractivity (Wildman–Crippen MR) is 63.0 cm³/mol. The summed E-state index contributed by atoms with van der Waals surface area (Å²) in [6, 6.07) is 5.32. The molecule has 2 rings (SSSR count). The highest BCUT2D eigenvalue weighted by Crippen LogP contribution is 2.29. The van der Waals surface area contributed by atoms with E-state index in [0.29, 0.717) is 12.1 Å². The lowest BCUT2D eigenvalue weighted by atomic mass is 10.1. The molecule has 1 aliphatic rings. The summed E-state index contributed by atoms with van der Waals surface area (Å²) in [5.41, 5.74) is -0.00663. The summed E-state index contributed by atoms with van der Waals surface area (Å²) < 4.78 is 37.4. The summed E-state index contributed by atoms with van der Waals surface area (Å²) in [5, 5.41) is 3.83. The first kappa shape index (κ1) is 12.3. The fourth-order valence-corrected chi connectivity index (χ4v) is 2.21. The van der Waals surface area contributed by atoms with E-state index in [1.807, 2.05) is 0 Å². The Hall–Kier alpha value is -1.17. The molecule has 0 saturated heterocycles. The van der Waals surface area contributed by atoms with Crippen LogP contribution in [0.3, 0.4) is 0 Å². The number of halogens is 3. The molecule has 1 heterocycles. The van der Waals surface area contributed by atoms with Gasteiger partial charge in [-0.25, -0.2) is 0 Å². The van der Waals surface area contributed by atoms with Crippen LogP contribution >= 0.6 is 11.8 Å². The zero-order chi connectivity index (χ0) is 12.3. The summed E-state index contributed by atoms with van der Waals surface area (Å²) >= 11 is 1.59. The fourth-order valence-electron chi connectivity index (χ4n) is 1.48. The van der Waals surface area contributed by atoms with E-state index < -0.39 is 11.7 Å². The number of hydrogen-bond acceptors (Lipinski definition) is 3. The molecule has 17 heavy (non-hydrogen) atoms. The molecule has 92 valence electrons. The van der Waals surface area contributed by atoms with Crippen LogP contribution in [0.15, 0.2) is 29.3 Å². The largest absolute Gasteiger partial charge is 0.416 e. The minimum absolute atomic E-state index is 0.371. The molecule has 1 aliphatic heterocycles. The maximum Gasteiger partial charge on any atom is 0.416 e. The molecule has 0 fully saturated rings. The van der Waals surface area contributed by atoms with Gasteiger partial charge in [0.15, 0.2) is 5.17 Å². The number of amidine groups is 1. The highest BCUT2D eigenvalue weighted by molar-refractivity contribution is 8.14. The van der Waals surface area contributed by atoms with Crippen LogP contribution in [0, 0.1) is 0 Å². The lowest BCUT2D eigenvalue weighted by Gasteiger charge is -2.09. The molecular weight excluding hydrogens is 249 g/mol. The van der Waals surface area contributed by atoms with Crippen molar-refractivity contribution in [3.63, 3.8) is 0 Å². The first-order valence-electron chi connectivity index (χ1n) is 5.13. The normalized spacial score (nSPS) is 15.8. The average molecular weight is 260 g/mol. The van der Waals surface area contributed by atoms with Gasteiger partial charge in [0.05, 0.1) is 12.1 Å². The summed E-state index contributed by atoms with van der Waals surface area (Å²) in [6.45, 7) is 1.14. The van der Waals surface area contributed by atoms with Gasteiger partial charge in [-0.05, 0) is 17.7 Å². The molecule has 0 spiro atoms. The molecule has 0 atom stereocenters. The Bertz CT molecular complexity index is 429. The highest BCUT2D eigenvalue weighted by Gasteiger charge is 2.30. The van der Waals surface area contributed by atoms with Crippen molar-refractivity contribution in [2.75, 3.05) is 12.3 Å². The third kappa shape index (κ3) is 3.39. The Morgan fingerprint density at radius 2 is 2.18 bits per heavy atom. The first-order chi connectivity index (χ1) is 8.05. The third-order valence-electron chi connectivity index (χ3n) is 2.28. The quantitative estimate of drug-likeness (QED) is 0.884. The van der Waals surface area contributed by atoms with Gasteiger partial charge in [0, 0.05) is 12.3 Å². The van der Waals surface area contributed by atoms with Gasteiger partial charge in [0.25, 0.3) is 0 Å². The SMILES string of the molecule is FC(F)(F)c1cccc(CNC2=NCCS2)c1. The number of benzene rings is 1. The van der Waals surface area contributed by atoms with Crippen molar-refractivity contribution in [2.45, 2.75) is 12.7 Å². The molecule has 1 N–H and O–H groups in total. The Balaban J connectivity index is 2.01. The van der Waals surface area contributed by atoms with E-state index in [-0.39, 0.29) is 0 Å². The van der Waals surface area contributed by atoms with Gasteiger partial charge in [0.2, 0.25) is 0 Å². The number of hydrogen-bond donors (Lipinski definition) is 1. The van der Waals surface area contributed by atoms with Gasteiger partial charge in [-0.2, -0.15) is 13.2 Å². The molecule has 1 aromatic rings. The smallest absolute Gasteiger partial charge is 0.361 e. The molecule has 0 aliphatic carbocycles. The molecule has 0 radical (unpaired) electrons. The number of thioether (sulfide) groups is 1. The van der Waals surface area contributed by atoms with Crippen LogP contribution in [0.4, 0.5) is 13.2 Å². The summed E-state index contributed by atoms with van der Waals surface area (Å²) in [4.78, 5) is 4.17. The molecule has 6 heteroatoms. The zero-order valence-electron chi connectivity index (χ0n) is 8.92. The summed E-state index contributed by atoms with van der Waals surface area (Å²) in [7, 11) is 0. The second-order valence-electron chi connectivity index (χ2n) is 3.59. The van der Waals surface area contributed by atoms with Crippen molar-refractivity contribution in [1.29, 1.82) is 0 Å². The lowest BCUT2D eigenvalue weighted by molar-refractivity contribution is -0.137. The molecule has 0 aromatic heterocycles. The lowest BCUT2D eigenvalue weighted by Crippen LogP contribution is -2.18.